The molecule has 0 atom stereocenters. The molecule has 0 radical (unpaired) electrons. The van der Waals surface area contributed by atoms with E-state index in [4.69, 9.17) is 15.2 Å². The zero-order chi connectivity index (χ0) is 13.4. The summed E-state index contributed by atoms with van der Waals surface area (Å²) in [5, 5.41) is 2.74. The number of nitrogens with two attached hydrogens (primary N) is 1. The molecule has 0 aliphatic heterocycles. The van der Waals surface area contributed by atoms with E-state index < -0.39 is 0 Å². The second-order valence-electron chi connectivity index (χ2n) is 3.45. The van der Waals surface area contributed by atoms with Crippen molar-refractivity contribution in [3.63, 3.8) is 0 Å². The first kappa shape index (κ1) is 14.1. The summed E-state index contributed by atoms with van der Waals surface area (Å²) >= 11 is 0. The summed E-state index contributed by atoms with van der Waals surface area (Å²) in [6.07, 6.45) is 3.57. The van der Waals surface area contributed by atoms with Crippen LogP contribution in [0.1, 0.15) is 10.4 Å². The Bertz CT molecular complexity index is 408. The fourth-order valence-electron chi connectivity index (χ4n) is 1.49. The molecule has 1 rings (SSSR count). The summed E-state index contributed by atoms with van der Waals surface area (Å²) in [6, 6.07) is 5.20. The normalized spacial score (nSPS) is 10.4. The molecule has 0 heterocycles. The van der Waals surface area contributed by atoms with Gasteiger partial charge < -0.3 is 20.5 Å². The maximum absolute atomic E-state index is 12.0. The Morgan fingerprint density at radius 3 is 2.39 bits per heavy atom. The van der Waals surface area contributed by atoms with E-state index in [0.29, 0.717) is 30.2 Å². The summed E-state index contributed by atoms with van der Waals surface area (Å²) in [5.74, 6) is 0.718. The third-order valence-electron chi connectivity index (χ3n) is 2.34. The lowest BCUT2D eigenvalue weighted by molar-refractivity contribution is 0.0951. The number of amides is 1. The fraction of sp³-hybridized carbons (Fsp3) is 0.308. The predicted molar refractivity (Wildman–Crippen MR) is 70.1 cm³/mol. The first-order valence-corrected chi connectivity index (χ1v) is 5.58. The Kier molecular flexibility index (Phi) is 5.73. The van der Waals surface area contributed by atoms with Crippen molar-refractivity contribution < 1.29 is 14.3 Å². The largest absolute Gasteiger partial charge is 0.496 e. The summed E-state index contributed by atoms with van der Waals surface area (Å²) in [4.78, 5) is 12.0. The molecule has 0 aromatic heterocycles. The van der Waals surface area contributed by atoms with Crippen LogP contribution in [0.4, 0.5) is 0 Å². The van der Waals surface area contributed by atoms with Crippen molar-refractivity contribution in [3.05, 3.63) is 35.9 Å². The molecule has 18 heavy (non-hydrogen) atoms. The smallest absolute Gasteiger partial charge is 0.259 e. The Hall–Kier alpha value is -2.01. The molecule has 0 unspecified atom stereocenters. The lowest BCUT2D eigenvalue weighted by Crippen LogP contribution is -2.24. The van der Waals surface area contributed by atoms with Crippen LogP contribution in [0.25, 0.3) is 0 Å². The van der Waals surface area contributed by atoms with Crippen molar-refractivity contribution >= 4 is 5.91 Å². The van der Waals surface area contributed by atoms with E-state index in [1.54, 1.807) is 30.4 Å². The molecule has 3 N–H and O–H groups in total. The van der Waals surface area contributed by atoms with Crippen molar-refractivity contribution in [3.8, 4) is 11.5 Å². The van der Waals surface area contributed by atoms with Crippen molar-refractivity contribution in [2.45, 2.75) is 0 Å². The molecular weight excluding hydrogens is 232 g/mol. The number of carbonyl (C=O) groups excluding carboxylic acids is 1. The fourth-order valence-corrected chi connectivity index (χ4v) is 1.49. The van der Waals surface area contributed by atoms with Crippen LogP contribution >= 0.6 is 0 Å². The minimum absolute atomic E-state index is 0.244. The summed E-state index contributed by atoms with van der Waals surface area (Å²) in [7, 11) is 3.03. The number of carbonyl (C=O) groups is 1. The zero-order valence-corrected chi connectivity index (χ0v) is 10.6. The molecule has 0 aliphatic rings. The van der Waals surface area contributed by atoms with E-state index in [1.807, 2.05) is 0 Å². The standard InChI is InChI=1S/C13H18N2O3/c1-17-10-6-5-7-11(18-2)12(10)13(16)15-9-4-3-8-14/h3-7H,8-9,14H2,1-2H3,(H,15,16)/b4-3+. The molecule has 5 heteroatoms. The molecule has 5 nitrogen and oxygen atoms in total. The van der Waals surface area contributed by atoms with Crippen molar-refractivity contribution in [2.75, 3.05) is 27.3 Å². The number of rotatable bonds is 6. The van der Waals surface area contributed by atoms with E-state index in [1.165, 1.54) is 14.2 Å². The maximum atomic E-state index is 12.0. The second kappa shape index (κ2) is 7.34. The van der Waals surface area contributed by atoms with E-state index in [0.717, 1.165) is 0 Å². The van der Waals surface area contributed by atoms with E-state index in [-0.39, 0.29) is 5.91 Å². The van der Waals surface area contributed by atoms with Crippen LogP contribution in [0, 0.1) is 0 Å². The van der Waals surface area contributed by atoms with Crippen LogP contribution < -0.4 is 20.5 Å². The van der Waals surface area contributed by atoms with Crippen molar-refractivity contribution in [2.24, 2.45) is 5.73 Å². The van der Waals surface area contributed by atoms with Crippen LogP contribution in [0.2, 0.25) is 0 Å². The van der Waals surface area contributed by atoms with Crippen molar-refractivity contribution in [1.82, 2.24) is 5.32 Å². The van der Waals surface area contributed by atoms with Gasteiger partial charge >= 0.3 is 0 Å². The first-order valence-electron chi connectivity index (χ1n) is 5.58. The van der Waals surface area contributed by atoms with Gasteiger partial charge in [-0.3, -0.25) is 4.79 Å². The van der Waals surface area contributed by atoms with E-state index >= 15 is 0 Å². The molecule has 98 valence electrons. The summed E-state index contributed by atoms with van der Waals surface area (Å²) in [6.45, 7) is 0.866. The number of benzene rings is 1. The Labute approximate surface area is 107 Å². The summed E-state index contributed by atoms with van der Waals surface area (Å²) in [5.41, 5.74) is 5.70. The van der Waals surface area contributed by atoms with Gasteiger partial charge in [-0.2, -0.15) is 0 Å². The van der Waals surface area contributed by atoms with Gasteiger partial charge in [0.2, 0.25) is 0 Å². The highest BCUT2D eigenvalue weighted by Crippen LogP contribution is 2.27. The van der Waals surface area contributed by atoms with Gasteiger partial charge in [0.1, 0.15) is 17.1 Å². The molecule has 0 aliphatic carbocycles. The molecule has 0 bridgehead atoms. The van der Waals surface area contributed by atoms with Gasteiger partial charge in [-0.1, -0.05) is 18.2 Å². The number of ether oxygens (including phenoxy) is 2. The third-order valence-corrected chi connectivity index (χ3v) is 2.34. The highest BCUT2D eigenvalue weighted by molar-refractivity contribution is 5.99. The third kappa shape index (κ3) is 3.49. The quantitative estimate of drug-likeness (QED) is 0.737. The number of nitrogens with one attached hydrogen (secondary N) is 1. The lowest BCUT2D eigenvalue weighted by atomic mass is 10.1. The van der Waals surface area contributed by atoms with Gasteiger partial charge in [0.05, 0.1) is 14.2 Å². The van der Waals surface area contributed by atoms with Gasteiger partial charge in [-0.15, -0.1) is 0 Å². The Morgan fingerprint density at radius 2 is 1.89 bits per heavy atom. The predicted octanol–water partition coefficient (Wildman–Crippen LogP) is 0.948. The van der Waals surface area contributed by atoms with Crippen LogP contribution in [0.5, 0.6) is 11.5 Å². The van der Waals surface area contributed by atoms with Gasteiger partial charge in [-0.25, -0.2) is 0 Å². The maximum Gasteiger partial charge on any atom is 0.259 e. The number of methoxy groups -OCH3 is 2. The summed E-state index contributed by atoms with van der Waals surface area (Å²) < 4.78 is 10.3. The first-order chi connectivity index (χ1) is 8.74. The highest BCUT2D eigenvalue weighted by Gasteiger charge is 2.17. The molecule has 1 amide bonds. The van der Waals surface area contributed by atoms with E-state index in [2.05, 4.69) is 5.32 Å². The van der Waals surface area contributed by atoms with Crippen LogP contribution in [-0.4, -0.2) is 33.2 Å². The monoisotopic (exact) mass is 250 g/mol. The number of hydrogen-bond donors (Lipinski definition) is 2. The van der Waals surface area contributed by atoms with Crippen LogP contribution in [0.3, 0.4) is 0 Å². The molecule has 0 spiro atoms. The zero-order valence-electron chi connectivity index (χ0n) is 10.6. The minimum atomic E-state index is -0.244. The highest BCUT2D eigenvalue weighted by atomic mass is 16.5. The SMILES string of the molecule is COc1cccc(OC)c1C(=O)NC/C=C/CN. The molecule has 1 aromatic carbocycles. The minimum Gasteiger partial charge on any atom is -0.496 e. The number of hydrogen-bond acceptors (Lipinski definition) is 4. The van der Waals surface area contributed by atoms with Gasteiger partial charge in [0.25, 0.3) is 5.91 Å². The Balaban J connectivity index is 2.86. The van der Waals surface area contributed by atoms with Crippen LogP contribution in [0.15, 0.2) is 30.4 Å². The van der Waals surface area contributed by atoms with Crippen LogP contribution in [-0.2, 0) is 0 Å². The van der Waals surface area contributed by atoms with Gasteiger partial charge in [-0.05, 0) is 12.1 Å². The van der Waals surface area contributed by atoms with Gasteiger partial charge in [0.15, 0.2) is 0 Å². The lowest BCUT2D eigenvalue weighted by Gasteiger charge is -2.12. The molecular formula is C13H18N2O3. The van der Waals surface area contributed by atoms with Crippen molar-refractivity contribution in [1.29, 1.82) is 0 Å². The van der Waals surface area contributed by atoms with E-state index in [9.17, 15) is 4.79 Å². The average Bonchev–Trinajstić information content (AvgIpc) is 2.42. The van der Waals surface area contributed by atoms with Gasteiger partial charge in [0, 0.05) is 13.1 Å². The Morgan fingerprint density at radius 1 is 1.28 bits per heavy atom. The molecule has 0 fully saturated rings. The average molecular weight is 250 g/mol. The molecule has 0 saturated carbocycles. The molecule has 1 aromatic rings. The molecule has 0 saturated heterocycles. The second-order valence-corrected chi connectivity index (χ2v) is 3.45. The topological polar surface area (TPSA) is 73.6 Å².